The molecule has 1 aromatic carbocycles. The maximum Gasteiger partial charge on any atom is 0.280 e. The number of nitrogens with one attached hydrogen (secondary N) is 2. The van der Waals surface area contributed by atoms with Crippen molar-refractivity contribution in [3.8, 4) is 0 Å². The SMILES string of the molecule is CN1CCc2nc(C(=O)NC(CNC(=O)CC(=O)c3ccc(Cl)cc3)C(=O)N(C)C)sc2C1. The number of ketones is 1. The predicted octanol–water partition coefficient (Wildman–Crippen LogP) is 1.36. The van der Waals surface area contributed by atoms with Crippen molar-refractivity contribution >= 4 is 46.4 Å². The molecule has 0 saturated carbocycles. The van der Waals surface area contributed by atoms with Gasteiger partial charge in [-0.05, 0) is 31.3 Å². The van der Waals surface area contributed by atoms with Gasteiger partial charge >= 0.3 is 0 Å². The summed E-state index contributed by atoms with van der Waals surface area (Å²) in [6.07, 6.45) is 0.387. The fourth-order valence-electron chi connectivity index (χ4n) is 3.31. The molecule has 0 saturated heterocycles. The number of hydrogen-bond donors (Lipinski definition) is 2. The number of aromatic nitrogens is 1. The third-order valence-corrected chi connectivity index (χ3v) is 6.48. The number of fused-ring (bicyclic) bond motifs is 1. The number of nitrogens with zero attached hydrogens (tertiary/aromatic N) is 3. The lowest BCUT2D eigenvalue weighted by atomic mass is 10.1. The van der Waals surface area contributed by atoms with Gasteiger partial charge in [-0.2, -0.15) is 0 Å². The van der Waals surface area contributed by atoms with E-state index in [1.54, 1.807) is 38.4 Å². The average Bonchev–Trinajstić information content (AvgIpc) is 3.19. The predicted molar refractivity (Wildman–Crippen MR) is 126 cm³/mol. The van der Waals surface area contributed by atoms with Crippen LogP contribution < -0.4 is 10.6 Å². The van der Waals surface area contributed by atoms with Crippen LogP contribution in [0.4, 0.5) is 0 Å². The molecule has 9 nitrogen and oxygen atoms in total. The summed E-state index contributed by atoms with van der Waals surface area (Å²) < 4.78 is 0. The van der Waals surface area contributed by atoms with Crippen LogP contribution in [-0.2, 0) is 22.6 Å². The van der Waals surface area contributed by atoms with E-state index >= 15 is 0 Å². The Morgan fingerprint density at radius 3 is 2.58 bits per heavy atom. The molecule has 0 aliphatic carbocycles. The molecule has 3 amide bonds. The van der Waals surface area contributed by atoms with Crippen molar-refractivity contribution in [2.24, 2.45) is 0 Å². The minimum atomic E-state index is -0.995. The minimum Gasteiger partial charge on any atom is -0.353 e. The van der Waals surface area contributed by atoms with Crippen molar-refractivity contribution in [3.63, 3.8) is 0 Å². The number of rotatable bonds is 8. The topological polar surface area (TPSA) is 112 Å². The van der Waals surface area contributed by atoms with Crippen LogP contribution in [0.25, 0.3) is 0 Å². The largest absolute Gasteiger partial charge is 0.353 e. The van der Waals surface area contributed by atoms with Crippen molar-refractivity contribution in [2.75, 3.05) is 34.2 Å². The van der Waals surface area contributed by atoms with Gasteiger partial charge in [0.25, 0.3) is 5.91 Å². The molecule has 0 radical (unpaired) electrons. The molecule has 1 aromatic heterocycles. The molecule has 1 unspecified atom stereocenters. The Hall–Kier alpha value is -2.82. The highest BCUT2D eigenvalue weighted by atomic mass is 35.5. The maximum absolute atomic E-state index is 12.8. The number of likely N-dealkylation sites (N-methyl/N-ethyl adjacent to an activating group) is 2. The highest BCUT2D eigenvalue weighted by molar-refractivity contribution is 7.13. The highest BCUT2D eigenvalue weighted by Gasteiger charge is 2.27. The summed E-state index contributed by atoms with van der Waals surface area (Å²) in [5.41, 5.74) is 1.27. The first-order chi connectivity index (χ1) is 15.6. The van der Waals surface area contributed by atoms with Crippen molar-refractivity contribution < 1.29 is 19.2 Å². The molecule has 0 fully saturated rings. The van der Waals surface area contributed by atoms with Gasteiger partial charge in [-0.3, -0.25) is 19.2 Å². The van der Waals surface area contributed by atoms with E-state index in [0.29, 0.717) is 10.6 Å². The first-order valence-corrected chi connectivity index (χ1v) is 11.6. The van der Waals surface area contributed by atoms with Crippen LogP contribution in [0.2, 0.25) is 5.02 Å². The van der Waals surface area contributed by atoms with Crippen molar-refractivity contribution in [2.45, 2.75) is 25.4 Å². The number of Topliss-reactive ketones (excluding diaryl/α,β-unsaturated/α-hetero) is 1. The summed E-state index contributed by atoms with van der Waals surface area (Å²) in [5, 5.41) is 6.02. The molecule has 0 bridgehead atoms. The summed E-state index contributed by atoms with van der Waals surface area (Å²) in [7, 11) is 5.13. The van der Waals surface area contributed by atoms with E-state index in [1.807, 2.05) is 7.05 Å². The van der Waals surface area contributed by atoms with E-state index in [1.165, 1.54) is 16.2 Å². The molecule has 0 spiro atoms. The smallest absolute Gasteiger partial charge is 0.280 e. The van der Waals surface area contributed by atoms with E-state index in [0.717, 1.165) is 30.1 Å². The Bertz CT molecular complexity index is 1050. The Morgan fingerprint density at radius 2 is 1.91 bits per heavy atom. The summed E-state index contributed by atoms with van der Waals surface area (Å²) in [5.74, 6) is -1.77. The summed E-state index contributed by atoms with van der Waals surface area (Å²) in [4.78, 5) is 58.9. The van der Waals surface area contributed by atoms with Crippen LogP contribution in [0.3, 0.4) is 0 Å². The van der Waals surface area contributed by atoms with Gasteiger partial charge in [0, 0.05) is 55.6 Å². The van der Waals surface area contributed by atoms with E-state index in [2.05, 4.69) is 20.5 Å². The van der Waals surface area contributed by atoms with Crippen LogP contribution in [0.5, 0.6) is 0 Å². The summed E-state index contributed by atoms with van der Waals surface area (Å²) in [6, 6.07) is 5.24. The van der Waals surface area contributed by atoms with Crippen molar-refractivity contribution in [1.82, 2.24) is 25.4 Å². The van der Waals surface area contributed by atoms with E-state index in [9.17, 15) is 19.2 Å². The summed E-state index contributed by atoms with van der Waals surface area (Å²) >= 11 is 7.13. The van der Waals surface area contributed by atoms with Gasteiger partial charge in [-0.1, -0.05) is 11.6 Å². The van der Waals surface area contributed by atoms with Gasteiger partial charge in [-0.25, -0.2) is 4.98 Å². The molecule has 2 N–H and O–H groups in total. The Balaban J connectivity index is 1.61. The number of carbonyl (C=O) groups is 4. The molecule has 1 atom stereocenters. The quantitative estimate of drug-likeness (QED) is 0.426. The van der Waals surface area contributed by atoms with Crippen LogP contribution in [0.15, 0.2) is 24.3 Å². The molecular formula is C22H26ClN5O4S. The van der Waals surface area contributed by atoms with Crippen molar-refractivity contribution in [3.05, 3.63) is 50.4 Å². The van der Waals surface area contributed by atoms with Crippen LogP contribution >= 0.6 is 22.9 Å². The van der Waals surface area contributed by atoms with Gasteiger partial charge in [-0.15, -0.1) is 11.3 Å². The van der Waals surface area contributed by atoms with Gasteiger partial charge in [0.05, 0.1) is 12.1 Å². The van der Waals surface area contributed by atoms with Crippen LogP contribution in [-0.4, -0.2) is 78.6 Å². The molecule has 176 valence electrons. The standard InChI is InChI=1S/C22H26ClN5O4S/c1-27(2)22(32)16(11-24-19(30)10-17(29)13-4-6-14(23)7-5-13)25-20(31)21-26-15-8-9-28(3)12-18(15)33-21/h4-7,16H,8-12H2,1-3H3,(H,24,30)(H,25,31). The minimum absolute atomic E-state index is 0.149. The van der Waals surface area contributed by atoms with Gasteiger partial charge in [0.15, 0.2) is 10.8 Å². The fraction of sp³-hybridized carbons (Fsp3) is 0.409. The Kier molecular flexibility index (Phi) is 8.17. The lowest BCUT2D eigenvalue weighted by Crippen LogP contribution is -2.52. The lowest BCUT2D eigenvalue weighted by molar-refractivity contribution is -0.130. The highest BCUT2D eigenvalue weighted by Crippen LogP contribution is 2.24. The molecule has 3 rings (SSSR count). The molecule has 2 aromatic rings. The fourth-order valence-corrected chi connectivity index (χ4v) is 4.53. The molecular weight excluding hydrogens is 466 g/mol. The van der Waals surface area contributed by atoms with E-state index < -0.39 is 17.9 Å². The molecule has 33 heavy (non-hydrogen) atoms. The van der Waals surface area contributed by atoms with Gasteiger partial charge < -0.3 is 20.4 Å². The third kappa shape index (κ3) is 6.59. The zero-order chi connectivity index (χ0) is 24.1. The van der Waals surface area contributed by atoms with Gasteiger partial charge in [0.1, 0.15) is 6.04 Å². The number of benzene rings is 1. The summed E-state index contributed by atoms with van der Waals surface area (Å²) in [6.45, 7) is 1.46. The number of carbonyl (C=O) groups excluding carboxylic acids is 4. The average molecular weight is 492 g/mol. The Morgan fingerprint density at radius 1 is 1.21 bits per heavy atom. The zero-order valence-electron chi connectivity index (χ0n) is 18.7. The molecule has 1 aliphatic rings. The number of hydrogen-bond acceptors (Lipinski definition) is 7. The van der Waals surface area contributed by atoms with E-state index in [-0.39, 0.29) is 29.7 Å². The maximum atomic E-state index is 12.8. The normalized spacial score (nSPS) is 14.2. The second kappa shape index (κ2) is 10.9. The molecule has 1 aliphatic heterocycles. The Labute approximate surface area is 201 Å². The van der Waals surface area contributed by atoms with Gasteiger partial charge in [0.2, 0.25) is 11.8 Å². The first kappa shape index (κ1) is 24.8. The lowest BCUT2D eigenvalue weighted by Gasteiger charge is -2.21. The van der Waals surface area contributed by atoms with Crippen LogP contribution in [0, 0.1) is 0 Å². The number of amides is 3. The monoisotopic (exact) mass is 491 g/mol. The van der Waals surface area contributed by atoms with Crippen LogP contribution in [0.1, 0.15) is 37.2 Å². The van der Waals surface area contributed by atoms with Crippen molar-refractivity contribution in [1.29, 1.82) is 0 Å². The number of thiazole rings is 1. The second-order valence-corrected chi connectivity index (χ2v) is 9.57. The zero-order valence-corrected chi connectivity index (χ0v) is 20.3. The first-order valence-electron chi connectivity index (χ1n) is 10.4. The number of halogens is 1. The molecule has 2 heterocycles. The third-order valence-electron chi connectivity index (χ3n) is 5.15. The second-order valence-electron chi connectivity index (χ2n) is 8.05. The van der Waals surface area contributed by atoms with E-state index in [4.69, 9.17) is 11.6 Å². The molecule has 11 heteroatoms.